The van der Waals surface area contributed by atoms with Crippen molar-refractivity contribution in [2.75, 3.05) is 0 Å². The van der Waals surface area contributed by atoms with Crippen LogP contribution in [0, 0.1) is 13.8 Å². The van der Waals surface area contributed by atoms with Crippen LogP contribution in [0.15, 0.2) is 48.5 Å². The van der Waals surface area contributed by atoms with Crippen molar-refractivity contribution in [1.29, 1.82) is 0 Å². The number of carbonyl (C=O) groups is 1. The second-order valence-electron chi connectivity index (χ2n) is 6.41. The van der Waals surface area contributed by atoms with E-state index in [2.05, 4.69) is 68.6 Å². The zero-order valence-electron chi connectivity index (χ0n) is 14.4. The van der Waals surface area contributed by atoms with Gasteiger partial charge in [0.2, 0.25) is 5.91 Å². The first-order chi connectivity index (χ1) is 11.0. The van der Waals surface area contributed by atoms with Crippen LogP contribution in [0.1, 0.15) is 42.0 Å². The maximum Gasteiger partial charge on any atom is 0.220 e. The molecular formula is C21H27NO. The predicted molar refractivity (Wildman–Crippen MR) is 96.6 cm³/mol. The fourth-order valence-corrected chi connectivity index (χ4v) is 2.66. The summed E-state index contributed by atoms with van der Waals surface area (Å²) in [6.45, 7) is 6.31. The van der Waals surface area contributed by atoms with Crippen LogP contribution in [0.25, 0.3) is 0 Å². The molecule has 0 saturated heterocycles. The van der Waals surface area contributed by atoms with Gasteiger partial charge in [0.05, 0.1) is 0 Å². The Labute approximate surface area is 139 Å². The van der Waals surface area contributed by atoms with Crippen LogP contribution in [0.3, 0.4) is 0 Å². The number of hydrogen-bond acceptors (Lipinski definition) is 1. The largest absolute Gasteiger partial charge is 0.354 e. The van der Waals surface area contributed by atoms with E-state index in [0.717, 1.165) is 19.3 Å². The highest BCUT2D eigenvalue weighted by Crippen LogP contribution is 2.11. The molecule has 2 aromatic carbocycles. The molecule has 0 aliphatic carbocycles. The summed E-state index contributed by atoms with van der Waals surface area (Å²) in [6.07, 6.45) is 3.33. The Morgan fingerprint density at radius 1 is 0.957 bits per heavy atom. The number of benzene rings is 2. The molecule has 1 atom stereocenters. The van der Waals surface area contributed by atoms with Gasteiger partial charge in [-0.2, -0.15) is 0 Å². The van der Waals surface area contributed by atoms with Gasteiger partial charge in [-0.15, -0.1) is 0 Å². The highest BCUT2D eigenvalue weighted by Gasteiger charge is 2.08. The van der Waals surface area contributed by atoms with Crippen molar-refractivity contribution in [3.8, 4) is 0 Å². The van der Waals surface area contributed by atoms with E-state index < -0.39 is 0 Å². The van der Waals surface area contributed by atoms with Gasteiger partial charge in [-0.25, -0.2) is 0 Å². The Kier molecular flexibility index (Phi) is 6.40. The third-order valence-electron chi connectivity index (χ3n) is 4.33. The van der Waals surface area contributed by atoms with E-state index in [0.29, 0.717) is 6.42 Å². The molecule has 1 N–H and O–H groups in total. The summed E-state index contributed by atoms with van der Waals surface area (Å²) in [5.41, 5.74) is 5.15. The normalized spacial score (nSPS) is 12.0. The van der Waals surface area contributed by atoms with Crippen LogP contribution in [0.2, 0.25) is 0 Å². The minimum absolute atomic E-state index is 0.142. The van der Waals surface area contributed by atoms with Crippen molar-refractivity contribution in [2.24, 2.45) is 0 Å². The van der Waals surface area contributed by atoms with Gasteiger partial charge in [-0.3, -0.25) is 4.79 Å². The Hall–Kier alpha value is -2.09. The molecule has 2 nitrogen and oxygen atoms in total. The molecule has 1 unspecified atom stereocenters. The molecule has 2 aromatic rings. The fourth-order valence-electron chi connectivity index (χ4n) is 2.66. The molecule has 0 heterocycles. The molecular weight excluding hydrogens is 282 g/mol. The van der Waals surface area contributed by atoms with Gasteiger partial charge < -0.3 is 5.32 Å². The van der Waals surface area contributed by atoms with Crippen molar-refractivity contribution < 1.29 is 4.79 Å². The van der Waals surface area contributed by atoms with Crippen molar-refractivity contribution >= 4 is 5.91 Å². The summed E-state index contributed by atoms with van der Waals surface area (Å²) < 4.78 is 0. The Morgan fingerprint density at radius 2 is 1.70 bits per heavy atom. The molecule has 122 valence electrons. The molecule has 0 spiro atoms. The Bertz CT molecular complexity index is 634. The lowest BCUT2D eigenvalue weighted by Gasteiger charge is -2.14. The fraction of sp³-hybridized carbons (Fsp3) is 0.381. The van der Waals surface area contributed by atoms with E-state index in [1.807, 2.05) is 6.07 Å². The van der Waals surface area contributed by atoms with Crippen molar-refractivity contribution in [2.45, 2.75) is 52.5 Å². The van der Waals surface area contributed by atoms with Gasteiger partial charge in [0, 0.05) is 12.5 Å². The first-order valence-corrected chi connectivity index (χ1v) is 8.44. The molecule has 0 aromatic heterocycles. The lowest BCUT2D eigenvalue weighted by atomic mass is 10.0. The third-order valence-corrected chi connectivity index (χ3v) is 4.33. The van der Waals surface area contributed by atoms with Crippen molar-refractivity contribution in [3.63, 3.8) is 0 Å². The third kappa shape index (κ3) is 5.90. The van der Waals surface area contributed by atoms with E-state index in [4.69, 9.17) is 0 Å². The van der Waals surface area contributed by atoms with Gasteiger partial charge in [-0.1, -0.05) is 48.5 Å². The van der Waals surface area contributed by atoms with E-state index in [1.165, 1.54) is 22.3 Å². The summed E-state index contributed by atoms with van der Waals surface area (Å²) in [5, 5.41) is 3.11. The van der Waals surface area contributed by atoms with E-state index in [-0.39, 0.29) is 11.9 Å². The standard InChI is InChI=1S/C21H27NO/c1-16-9-11-20(15-17(16)2)13-14-21(23)22-18(3)10-12-19-7-5-4-6-8-19/h4-9,11,15,18H,10,12-14H2,1-3H3,(H,22,23). The van der Waals surface area contributed by atoms with E-state index in [9.17, 15) is 4.79 Å². The maximum atomic E-state index is 12.1. The molecule has 2 heteroatoms. The average molecular weight is 309 g/mol. The zero-order chi connectivity index (χ0) is 16.7. The number of hydrogen-bond donors (Lipinski definition) is 1. The first kappa shape index (κ1) is 17.3. The van der Waals surface area contributed by atoms with E-state index >= 15 is 0 Å². The Balaban J connectivity index is 1.72. The van der Waals surface area contributed by atoms with Crippen molar-refractivity contribution in [3.05, 3.63) is 70.8 Å². The summed E-state index contributed by atoms with van der Waals surface area (Å²) in [6, 6.07) is 17.1. The topological polar surface area (TPSA) is 29.1 Å². The number of aryl methyl sites for hydroxylation is 4. The molecule has 0 aliphatic heterocycles. The molecule has 0 saturated carbocycles. The molecule has 23 heavy (non-hydrogen) atoms. The van der Waals surface area contributed by atoms with Crippen LogP contribution >= 0.6 is 0 Å². The number of amides is 1. The quantitative estimate of drug-likeness (QED) is 0.808. The van der Waals surface area contributed by atoms with Crippen LogP contribution in [-0.2, 0) is 17.6 Å². The number of nitrogens with one attached hydrogen (secondary N) is 1. The zero-order valence-corrected chi connectivity index (χ0v) is 14.4. The maximum absolute atomic E-state index is 12.1. The monoisotopic (exact) mass is 309 g/mol. The van der Waals surface area contributed by atoms with Gasteiger partial charge in [-0.05, 0) is 62.3 Å². The van der Waals surface area contributed by atoms with Crippen molar-refractivity contribution in [1.82, 2.24) is 5.32 Å². The minimum atomic E-state index is 0.142. The number of carbonyl (C=O) groups excluding carboxylic acids is 1. The minimum Gasteiger partial charge on any atom is -0.354 e. The summed E-state index contributed by atoms with van der Waals surface area (Å²) in [4.78, 5) is 12.1. The molecule has 0 fully saturated rings. The lowest BCUT2D eigenvalue weighted by molar-refractivity contribution is -0.121. The van der Waals surface area contributed by atoms with Crippen LogP contribution < -0.4 is 5.32 Å². The second kappa shape index (κ2) is 8.52. The highest BCUT2D eigenvalue weighted by molar-refractivity contribution is 5.76. The smallest absolute Gasteiger partial charge is 0.220 e. The predicted octanol–water partition coefficient (Wildman–Crippen LogP) is 4.37. The van der Waals surface area contributed by atoms with Gasteiger partial charge in [0.25, 0.3) is 0 Å². The highest BCUT2D eigenvalue weighted by atomic mass is 16.1. The molecule has 1 amide bonds. The first-order valence-electron chi connectivity index (χ1n) is 8.44. The SMILES string of the molecule is Cc1ccc(CCC(=O)NC(C)CCc2ccccc2)cc1C. The molecule has 0 radical (unpaired) electrons. The van der Waals surface area contributed by atoms with Gasteiger partial charge in [0.15, 0.2) is 0 Å². The van der Waals surface area contributed by atoms with E-state index in [1.54, 1.807) is 0 Å². The summed E-state index contributed by atoms with van der Waals surface area (Å²) in [7, 11) is 0. The molecule has 0 bridgehead atoms. The van der Waals surface area contributed by atoms with Gasteiger partial charge in [0.1, 0.15) is 0 Å². The summed E-state index contributed by atoms with van der Waals surface area (Å²) in [5.74, 6) is 0.142. The van der Waals surface area contributed by atoms with Crippen LogP contribution in [-0.4, -0.2) is 11.9 Å². The van der Waals surface area contributed by atoms with Gasteiger partial charge >= 0.3 is 0 Å². The Morgan fingerprint density at radius 3 is 2.39 bits per heavy atom. The summed E-state index contributed by atoms with van der Waals surface area (Å²) >= 11 is 0. The molecule has 2 rings (SSSR count). The number of rotatable bonds is 7. The average Bonchev–Trinajstić information content (AvgIpc) is 2.55. The van der Waals surface area contributed by atoms with Crippen LogP contribution in [0.5, 0.6) is 0 Å². The van der Waals surface area contributed by atoms with Crippen LogP contribution in [0.4, 0.5) is 0 Å². The second-order valence-corrected chi connectivity index (χ2v) is 6.41. The lowest BCUT2D eigenvalue weighted by Crippen LogP contribution is -2.33. The molecule has 0 aliphatic rings.